The van der Waals surface area contributed by atoms with Gasteiger partial charge >= 0.3 is 5.97 Å². The van der Waals surface area contributed by atoms with Crippen LogP contribution in [0.5, 0.6) is 0 Å². The summed E-state index contributed by atoms with van der Waals surface area (Å²) in [7, 11) is 1.26. The van der Waals surface area contributed by atoms with Crippen LogP contribution in [0.3, 0.4) is 0 Å². The van der Waals surface area contributed by atoms with Crippen LogP contribution in [0.2, 0.25) is 0 Å². The second kappa shape index (κ2) is 5.32. The van der Waals surface area contributed by atoms with Gasteiger partial charge < -0.3 is 10.5 Å². The fourth-order valence-corrected chi connectivity index (χ4v) is 2.07. The quantitative estimate of drug-likeness (QED) is 0.873. The van der Waals surface area contributed by atoms with Gasteiger partial charge in [-0.25, -0.2) is 14.2 Å². The van der Waals surface area contributed by atoms with Gasteiger partial charge in [0.25, 0.3) is 0 Å². The molecule has 1 aromatic heterocycles. The lowest BCUT2D eigenvalue weighted by atomic mass is 10.2. The number of aryl methyl sites for hydroxylation is 1. The Hall–Kier alpha value is -2.37. The van der Waals surface area contributed by atoms with Crippen LogP contribution < -0.4 is 5.73 Å². The largest absolute Gasteiger partial charge is 0.464 e. The van der Waals surface area contributed by atoms with Crippen LogP contribution in [0, 0.1) is 12.7 Å². The van der Waals surface area contributed by atoms with Crippen LogP contribution in [0.15, 0.2) is 18.2 Å². The first-order chi connectivity index (χ1) is 9.51. The molecule has 0 bridgehead atoms. The third kappa shape index (κ3) is 2.13. The fraction of sp³-hybridized carbons (Fsp3) is 0.286. The number of nitrogen functional groups attached to an aromatic ring is 1. The Morgan fingerprint density at radius 3 is 2.80 bits per heavy atom. The van der Waals surface area contributed by atoms with E-state index >= 15 is 0 Å². The van der Waals surface area contributed by atoms with Crippen molar-refractivity contribution in [3.8, 4) is 5.69 Å². The summed E-state index contributed by atoms with van der Waals surface area (Å²) in [4.78, 5) is 15.8. The number of halogens is 1. The number of ether oxygens (including phenoxy) is 1. The van der Waals surface area contributed by atoms with E-state index in [1.54, 1.807) is 23.6 Å². The van der Waals surface area contributed by atoms with E-state index in [1.165, 1.54) is 13.2 Å². The van der Waals surface area contributed by atoms with Gasteiger partial charge in [0.2, 0.25) is 0 Å². The normalized spacial score (nSPS) is 10.6. The van der Waals surface area contributed by atoms with Gasteiger partial charge in [-0.3, -0.25) is 4.57 Å². The lowest BCUT2D eigenvalue weighted by molar-refractivity contribution is 0.0596. The molecular formula is C14H16FN3O2. The lowest BCUT2D eigenvalue weighted by Crippen LogP contribution is -2.09. The highest BCUT2D eigenvalue weighted by Crippen LogP contribution is 2.25. The molecule has 0 fully saturated rings. The first-order valence-electron chi connectivity index (χ1n) is 6.22. The summed E-state index contributed by atoms with van der Waals surface area (Å²) in [6.07, 6.45) is 0.553. The zero-order chi connectivity index (χ0) is 14.9. The van der Waals surface area contributed by atoms with E-state index in [4.69, 9.17) is 5.73 Å². The van der Waals surface area contributed by atoms with Crippen molar-refractivity contribution in [1.82, 2.24) is 9.55 Å². The molecule has 6 heteroatoms. The number of aromatic nitrogens is 2. The molecular weight excluding hydrogens is 261 g/mol. The molecule has 0 aliphatic heterocycles. The van der Waals surface area contributed by atoms with Crippen LogP contribution in [0.4, 0.5) is 10.2 Å². The molecule has 0 unspecified atom stereocenters. The lowest BCUT2D eigenvalue weighted by Gasteiger charge is -2.12. The third-order valence-electron chi connectivity index (χ3n) is 3.16. The number of carbonyl (C=O) groups is 1. The van der Waals surface area contributed by atoms with Crippen molar-refractivity contribution in [3.63, 3.8) is 0 Å². The average molecular weight is 277 g/mol. The number of nitrogens with zero attached hydrogens (tertiary/aromatic N) is 2. The molecule has 106 valence electrons. The molecule has 0 radical (unpaired) electrons. The summed E-state index contributed by atoms with van der Waals surface area (Å²) in [5.41, 5.74) is 7.05. The third-order valence-corrected chi connectivity index (χ3v) is 3.16. The van der Waals surface area contributed by atoms with E-state index in [0.29, 0.717) is 23.5 Å². The summed E-state index contributed by atoms with van der Waals surface area (Å²) in [5, 5.41) is 0. The standard InChI is InChI=1S/C14H16FN3O2/c1-4-11-17-12(14(19)20-3)13(16)18(11)10-7-5-6-9(15)8(10)2/h5-7H,4,16H2,1-3H3. The van der Waals surface area contributed by atoms with Crippen LogP contribution in [-0.2, 0) is 11.2 Å². The topological polar surface area (TPSA) is 70.1 Å². The Balaban J connectivity index is 2.70. The van der Waals surface area contributed by atoms with Gasteiger partial charge in [-0.1, -0.05) is 13.0 Å². The zero-order valence-corrected chi connectivity index (χ0v) is 11.6. The van der Waals surface area contributed by atoms with E-state index in [9.17, 15) is 9.18 Å². The molecule has 2 rings (SSSR count). The Morgan fingerprint density at radius 1 is 1.50 bits per heavy atom. The van der Waals surface area contributed by atoms with Crippen molar-refractivity contribution in [2.75, 3.05) is 12.8 Å². The minimum atomic E-state index is -0.606. The van der Waals surface area contributed by atoms with Crippen molar-refractivity contribution in [3.05, 3.63) is 41.1 Å². The first kappa shape index (κ1) is 14.0. The van der Waals surface area contributed by atoms with E-state index in [-0.39, 0.29) is 17.3 Å². The second-order valence-electron chi connectivity index (χ2n) is 4.33. The Labute approximate surface area is 116 Å². The van der Waals surface area contributed by atoms with Gasteiger partial charge in [0.15, 0.2) is 5.69 Å². The van der Waals surface area contributed by atoms with Crippen molar-refractivity contribution in [2.24, 2.45) is 0 Å². The number of carbonyl (C=O) groups excluding carboxylic acids is 1. The van der Waals surface area contributed by atoms with Crippen LogP contribution in [0.1, 0.15) is 28.8 Å². The van der Waals surface area contributed by atoms with E-state index in [0.717, 1.165) is 0 Å². The van der Waals surface area contributed by atoms with Gasteiger partial charge in [-0.05, 0) is 19.1 Å². The summed E-state index contributed by atoms with van der Waals surface area (Å²) in [5.74, 6) is -0.207. The van der Waals surface area contributed by atoms with E-state index in [1.807, 2.05) is 6.92 Å². The van der Waals surface area contributed by atoms with E-state index < -0.39 is 5.97 Å². The number of methoxy groups -OCH3 is 1. The summed E-state index contributed by atoms with van der Waals surface area (Å²) in [6.45, 7) is 3.54. The number of esters is 1. The maximum absolute atomic E-state index is 13.7. The van der Waals surface area contributed by atoms with Gasteiger partial charge in [-0.15, -0.1) is 0 Å². The predicted octanol–water partition coefficient (Wildman–Crippen LogP) is 2.25. The fourth-order valence-electron chi connectivity index (χ4n) is 2.07. The summed E-state index contributed by atoms with van der Waals surface area (Å²) < 4.78 is 19.9. The highest BCUT2D eigenvalue weighted by atomic mass is 19.1. The Morgan fingerprint density at radius 2 is 2.20 bits per heavy atom. The van der Waals surface area contributed by atoms with Crippen LogP contribution >= 0.6 is 0 Å². The summed E-state index contributed by atoms with van der Waals surface area (Å²) >= 11 is 0. The van der Waals surface area contributed by atoms with Gasteiger partial charge in [0.1, 0.15) is 17.5 Å². The molecule has 5 nitrogen and oxygen atoms in total. The van der Waals surface area contributed by atoms with Crippen LogP contribution in [0.25, 0.3) is 5.69 Å². The van der Waals surface area contributed by atoms with Gasteiger partial charge in [0.05, 0.1) is 12.8 Å². The highest BCUT2D eigenvalue weighted by molar-refractivity contribution is 5.92. The SMILES string of the molecule is CCc1nc(C(=O)OC)c(N)n1-c1cccc(F)c1C. The first-order valence-corrected chi connectivity index (χ1v) is 6.22. The van der Waals surface area contributed by atoms with Crippen LogP contribution in [-0.4, -0.2) is 22.6 Å². The smallest absolute Gasteiger partial charge is 0.360 e. The molecule has 0 spiro atoms. The molecule has 2 aromatic rings. The van der Waals surface area contributed by atoms with Crippen molar-refractivity contribution in [1.29, 1.82) is 0 Å². The monoisotopic (exact) mass is 277 g/mol. The maximum atomic E-state index is 13.7. The number of rotatable bonds is 3. The minimum absolute atomic E-state index is 0.0491. The van der Waals surface area contributed by atoms with Gasteiger partial charge in [0, 0.05) is 12.0 Å². The molecule has 20 heavy (non-hydrogen) atoms. The molecule has 0 amide bonds. The van der Waals surface area contributed by atoms with Crippen molar-refractivity contribution >= 4 is 11.8 Å². The molecule has 2 N–H and O–H groups in total. The molecule has 0 saturated heterocycles. The minimum Gasteiger partial charge on any atom is -0.464 e. The molecule has 1 aromatic carbocycles. The molecule has 0 aliphatic carbocycles. The molecule has 0 saturated carbocycles. The van der Waals surface area contributed by atoms with Gasteiger partial charge in [-0.2, -0.15) is 0 Å². The predicted molar refractivity (Wildman–Crippen MR) is 73.4 cm³/mol. The zero-order valence-electron chi connectivity index (χ0n) is 11.6. The number of hydrogen-bond donors (Lipinski definition) is 1. The Kier molecular flexibility index (Phi) is 3.74. The van der Waals surface area contributed by atoms with Crippen molar-refractivity contribution < 1.29 is 13.9 Å². The highest BCUT2D eigenvalue weighted by Gasteiger charge is 2.22. The summed E-state index contributed by atoms with van der Waals surface area (Å²) in [6, 6.07) is 4.70. The average Bonchev–Trinajstić information content (AvgIpc) is 2.78. The number of hydrogen-bond acceptors (Lipinski definition) is 4. The number of benzene rings is 1. The number of imidazole rings is 1. The molecule has 1 heterocycles. The second-order valence-corrected chi connectivity index (χ2v) is 4.33. The van der Waals surface area contributed by atoms with Crippen molar-refractivity contribution in [2.45, 2.75) is 20.3 Å². The molecule has 0 aliphatic rings. The Bertz CT molecular complexity index is 665. The number of nitrogens with two attached hydrogens (primary N) is 1. The van der Waals surface area contributed by atoms with E-state index in [2.05, 4.69) is 9.72 Å². The number of anilines is 1. The molecule has 0 atom stereocenters. The maximum Gasteiger partial charge on any atom is 0.360 e.